The fourth-order valence-corrected chi connectivity index (χ4v) is 1.16. The van der Waals surface area contributed by atoms with Crippen LogP contribution < -0.4 is 4.74 Å². The molecule has 0 radical (unpaired) electrons. The summed E-state index contributed by atoms with van der Waals surface area (Å²) < 4.78 is 9.34. The van der Waals surface area contributed by atoms with Gasteiger partial charge in [-0.3, -0.25) is 10.1 Å². The quantitative estimate of drug-likeness (QED) is 0.345. The molecule has 0 spiro atoms. The van der Waals surface area contributed by atoms with Gasteiger partial charge in [-0.2, -0.15) is 0 Å². The molecular formula is C11H11NO5. The van der Waals surface area contributed by atoms with Gasteiger partial charge < -0.3 is 9.47 Å². The third kappa shape index (κ3) is 3.60. The first kappa shape index (κ1) is 12.7. The van der Waals surface area contributed by atoms with Gasteiger partial charge in [0.25, 0.3) is 5.69 Å². The molecule has 90 valence electrons. The smallest absolute Gasteiger partial charge is 0.330 e. The highest BCUT2D eigenvalue weighted by Crippen LogP contribution is 2.23. The number of benzene rings is 1. The number of esters is 1. The molecule has 0 bridgehead atoms. The standard InChI is InChI=1S/C11H11NO5/c1-16-10-6-8(3-4-11(13)17-2)5-9(7-10)12(14)15/h3-7H,1-2H3/b4-3+. The maximum absolute atomic E-state index is 10.9. The number of nitrogens with zero attached hydrogens (tertiary/aromatic N) is 1. The minimum absolute atomic E-state index is 0.103. The number of methoxy groups -OCH3 is 2. The Hall–Kier alpha value is -2.37. The zero-order chi connectivity index (χ0) is 12.8. The SMILES string of the molecule is COC(=O)/C=C/c1cc(OC)cc([N+](=O)[O-])c1. The Morgan fingerprint density at radius 3 is 2.59 bits per heavy atom. The number of hydrogen-bond acceptors (Lipinski definition) is 5. The van der Waals surface area contributed by atoms with Gasteiger partial charge in [0.1, 0.15) is 5.75 Å². The third-order valence-corrected chi connectivity index (χ3v) is 1.97. The van der Waals surface area contributed by atoms with Crippen molar-refractivity contribution in [3.63, 3.8) is 0 Å². The van der Waals surface area contributed by atoms with Gasteiger partial charge in [-0.05, 0) is 17.7 Å². The molecule has 0 heterocycles. The molecular weight excluding hydrogens is 226 g/mol. The number of carbonyl (C=O) groups is 1. The molecule has 0 saturated heterocycles. The first-order valence-corrected chi connectivity index (χ1v) is 4.66. The predicted molar refractivity (Wildman–Crippen MR) is 60.7 cm³/mol. The summed E-state index contributed by atoms with van der Waals surface area (Å²) in [6.45, 7) is 0. The second kappa shape index (κ2) is 5.64. The lowest BCUT2D eigenvalue weighted by molar-refractivity contribution is -0.384. The molecule has 0 fully saturated rings. The average molecular weight is 237 g/mol. The van der Waals surface area contributed by atoms with Crippen molar-refractivity contribution in [2.24, 2.45) is 0 Å². The molecule has 0 amide bonds. The average Bonchev–Trinajstić information content (AvgIpc) is 2.35. The summed E-state index contributed by atoms with van der Waals surface area (Å²) in [5, 5.41) is 10.6. The topological polar surface area (TPSA) is 78.7 Å². The lowest BCUT2D eigenvalue weighted by Crippen LogP contribution is -1.94. The summed E-state index contributed by atoms with van der Waals surface area (Å²) in [6.07, 6.45) is 2.60. The molecule has 1 rings (SSSR count). The van der Waals surface area contributed by atoms with Crippen LogP contribution >= 0.6 is 0 Å². The van der Waals surface area contributed by atoms with Crippen molar-refractivity contribution >= 4 is 17.7 Å². The van der Waals surface area contributed by atoms with E-state index in [9.17, 15) is 14.9 Å². The molecule has 1 aromatic carbocycles. The van der Waals surface area contributed by atoms with Gasteiger partial charge in [0.2, 0.25) is 0 Å². The van der Waals surface area contributed by atoms with E-state index < -0.39 is 10.9 Å². The normalized spacial score (nSPS) is 10.2. The van der Waals surface area contributed by atoms with E-state index in [0.29, 0.717) is 11.3 Å². The van der Waals surface area contributed by atoms with Gasteiger partial charge in [0, 0.05) is 12.1 Å². The van der Waals surface area contributed by atoms with Crippen LogP contribution in [0.4, 0.5) is 5.69 Å². The first-order chi connectivity index (χ1) is 8.06. The largest absolute Gasteiger partial charge is 0.496 e. The van der Waals surface area contributed by atoms with Crippen LogP contribution in [0, 0.1) is 10.1 Å². The molecule has 0 aliphatic carbocycles. The summed E-state index contributed by atoms with van der Waals surface area (Å²) in [4.78, 5) is 21.0. The fraction of sp³-hybridized carbons (Fsp3) is 0.182. The lowest BCUT2D eigenvalue weighted by Gasteiger charge is -2.01. The third-order valence-electron chi connectivity index (χ3n) is 1.97. The monoisotopic (exact) mass is 237 g/mol. The summed E-state index contributed by atoms with van der Waals surface area (Å²) >= 11 is 0. The minimum Gasteiger partial charge on any atom is -0.496 e. The number of nitro benzene ring substituents is 1. The predicted octanol–water partition coefficient (Wildman–Crippen LogP) is 1.79. The van der Waals surface area contributed by atoms with Gasteiger partial charge in [0.15, 0.2) is 0 Å². The van der Waals surface area contributed by atoms with Crippen LogP contribution in [0.1, 0.15) is 5.56 Å². The van der Waals surface area contributed by atoms with Crippen molar-refractivity contribution in [1.29, 1.82) is 0 Å². The highest BCUT2D eigenvalue weighted by Gasteiger charge is 2.08. The van der Waals surface area contributed by atoms with E-state index in [1.54, 1.807) is 6.07 Å². The zero-order valence-electron chi connectivity index (χ0n) is 9.38. The van der Waals surface area contributed by atoms with E-state index in [1.165, 1.54) is 38.5 Å². The number of ether oxygens (including phenoxy) is 2. The van der Waals surface area contributed by atoms with E-state index in [1.807, 2.05) is 0 Å². The summed E-state index contributed by atoms with van der Waals surface area (Å²) in [6, 6.07) is 4.21. The van der Waals surface area contributed by atoms with Crippen molar-refractivity contribution in [3.05, 3.63) is 40.0 Å². The van der Waals surface area contributed by atoms with Crippen molar-refractivity contribution in [2.75, 3.05) is 14.2 Å². The van der Waals surface area contributed by atoms with E-state index in [0.717, 1.165) is 0 Å². The fourth-order valence-electron chi connectivity index (χ4n) is 1.16. The second-order valence-electron chi connectivity index (χ2n) is 3.08. The molecule has 17 heavy (non-hydrogen) atoms. The Balaban J connectivity index is 3.07. The van der Waals surface area contributed by atoms with Gasteiger partial charge in [-0.15, -0.1) is 0 Å². The van der Waals surface area contributed by atoms with Crippen molar-refractivity contribution < 1.29 is 19.2 Å². The maximum atomic E-state index is 10.9. The second-order valence-corrected chi connectivity index (χ2v) is 3.08. The van der Waals surface area contributed by atoms with E-state index >= 15 is 0 Å². The summed E-state index contributed by atoms with van der Waals surface area (Å²) in [7, 11) is 2.66. The molecule has 1 aromatic rings. The Bertz CT molecular complexity index is 467. The number of carbonyl (C=O) groups excluding carboxylic acids is 1. The zero-order valence-corrected chi connectivity index (χ0v) is 9.38. The van der Waals surface area contributed by atoms with Gasteiger partial charge in [-0.25, -0.2) is 4.79 Å². The minimum atomic E-state index is -0.532. The van der Waals surface area contributed by atoms with Crippen LogP contribution in [0.25, 0.3) is 6.08 Å². The van der Waals surface area contributed by atoms with Crippen LogP contribution in [0.2, 0.25) is 0 Å². The highest BCUT2D eigenvalue weighted by atomic mass is 16.6. The highest BCUT2D eigenvalue weighted by molar-refractivity contribution is 5.87. The number of nitro groups is 1. The molecule has 0 unspecified atom stereocenters. The lowest BCUT2D eigenvalue weighted by atomic mass is 10.1. The van der Waals surface area contributed by atoms with Crippen LogP contribution in [0.5, 0.6) is 5.75 Å². The molecule has 0 aromatic heterocycles. The molecule has 0 aliphatic heterocycles. The van der Waals surface area contributed by atoms with Crippen LogP contribution in [-0.2, 0) is 9.53 Å². The van der Waals surface area contributed by atoms with E-state index in [4.69, 9.17) is 4.74 Å². The summed E-state index contributed by atoms with van der Waals surface area (Å²) in [5.41, 5.74) is 0.385. The first-order valence-electron chi connectivity index (χ1n) is 4.66. The van der Waals surface area contributed by atoms with Crippen LogP contribution in [0.3, 0.4) is 0 Å². The summed E-state index contributed by atoms with van der Waals surface area (Å²) in [5.74, 6) is -0.181. The van der Waals surface area contributed by atoms with Crippen molar-refractivity contribution in [3.8, 4) is 5.75 Å². The Kier molecular flexibility index (Phi) is 4.21. The van der Waals surface area contributed by atoms with E-state index in [2.05, 4.69) is 4.74 Å². The van der Waals surface area contributed by atoms with Crippen molar-refractivity contribution in [1.82, 2.24) is 0 Å². The Morgan fingerprint density at radius 1 is 1.35 bits per heavy atom. The number of rotatable bonds is 4. The maximum Gasteiger partial charge on any atom is 0.330 e. The van der Waals surface area contributed by atoms with Gasteiger partial charge in [-0.1, -0.05) is 0 Å². The molecule has 6 heteroatoms. The molecule has 0 aliphatic rings. The molecule has 0 saturated carbocycles. The van der Waals surface area contributed by atoms with Crippen molar-refractivity contribution in [2.45, 2.75) is 0 Å². The van der Waals surface area contributed by atoms with Crippen LogP contribution in [-0.4, -0.2) is 25.1 Å². The molecule has 6 nitrogen and oxygen atoms in total. The number of hydrogen-bond donors (Lipinski definition) is 0. The molecule has 0 atom stereocenters. The Morgan fingerprint density at radius 2 is 2.06 bits per heavy atom. The molecule has 0 N–H and O–H groups in total. The number of non-ortho nitro benzene ring substituents is 1. The van der Waals surface area contributed by atoms with Gasteiger partial charge in [0.05, 0.1) is 25.2 Å². The van der Waals surface area contributed by atoms with Crippen LogP contribution in [0.15, 0.2) is 24.3 Å². The Labute approximate surface area is 97.6 Å². The van der Waals surface area contributed by atoms with E-state index in [-0.39, 0.29) is 5.69 Å². The van der Waals surface area contributed by atoms with Gasteiger partial charge >= 0.3 is 5.97 Å².